The summed E-state index contributed by atoms with van der Waals surface area (Å²) in [5.41, 5.74) is 0.644. The fraction of sp³-hybridized carbons (Fsp3) is 0.500. The molecule has 1 aliphatic heterocycles. The van der Waals surface area contributed by atoms with Gasteiger partial charge in [-0.2, -0.15) is 0 Å². The van der Waals surface area contributed by atoms with Crippen molar-refractivity contribution >= 4 is 17.5 Å². The molecule has 23 heavy (non-hydrogen) atoms. The van der Waals surface area contributed by atoms with Gasteiger partial charge in [-0.15, -0.1) is 0 Å². The van der Waals surface area contributed by atoms with E-state index in [0.717, 1.165) is 0 Å². The molecule has 0 unspecified atom stereocenters. The molecule has 0 bridgehead atoms. The summed E-state index contributed by atoms with van der Waals surface area (Å²) in [6.45, 7) is 1.22. The number of rotatable bonds is 7. The number of ether oxygens (including phenoxy) is 3. The molecule has 0 spiro atoms. The number of nitrogens with one attached hydrogen (secondary N) is 1. The lowest BCUT2D eigenvalue weighted by Crippen LogP contribution is -2.34. The molecule has 1 atom stereocenters. The molecule has 0 radical (unpaired) electrons. The van der Waals surface area contributed by atoms with E-state index in [1.807, 2.05) is 0 Å². The second-order valence-corrected chi connectivity index (χ2v) is 5.23. The lowest BCUT2D eigenvalue weighted by Gasteiger charge is -2.20. The number of amides is 2. The molecule has 1 aromatic carbocycles. The van der Waals surface area contributed by atoms with Crippen LogP contribution >= 0.6 is 0 Å². The van der Waals surface area contributed by atoms with Crippen molar-refractivity contribution in [3.8, 4) is 11.5 Å². The highest BCUT2D eigenvalue weighted by molar-refractivity contribution is 6.01. The van der Waals surface area contributed by atoms with Gasteiger partial charge in [-0.25, -0.2) is 0 Å². The minimum atomic E-state index is -0.369. The molecule has 7 heteroatoms. The highest BCUT2D eigenvalue weighted by Gasteiger charge is 2.36. The molecule has 2 amide bonds. The molecule has 7 nitrogen and oxygen atoms in total. The van der Waals surface area contributed by atoms with E-state index < -0.39 is 0 Å². The summed E-state index contributed by atoms with van der Waals surface area (Å²) in [5, 5.41) is 2.77. The Bertz CT molecular complexity index is 576. The molecule has 1 heterocycles. The van der Waals surface area contributed by atoms with E-state index in [0.29, 0.717) is 36.9 Å². The van der Waals surface area contributed by atoms with Crippen molar-refractivity contribution < 1.29 is 23.8 Å². The first kappa shape index (κ1) is 17.1. The Morgan fingerprint density at radius 3 is 2.74 bits per heavy atom. The smallest absolute Gasteiger partial charge is 0.227 e. The van der Waals surface area contributed by atoms with Gasteiger partial charge in [-0.1, -0.05) is 0 Å². The van der Waals surface area contributed by atoms with Crippen molar-refractivity contribution in [3.63, 3.8) is 0 Å². The van der Waals surface area contributed by atoms with Gasteiger partial charge in [-0.05, 0) is 12.1 Å². The number of carbonyl (C=O) groups is 2. The van der Waals surface area contributed by atoms with Crippen molar-refractivity contribution in [2.24, 2.45) is 5.92 Å². The average molecular weight is 322 g/mol. The van der Waals surface area contributed by atoms with Crippen LogP contribution in [0, 0.1) is 5.92 Å². The van der Waals surface area contributed by atoms with Crippen molar-refractivity contribution in [1.82, 2.24) is 5.32 Å². The molecule has 0 aliphatic carbocycles. The molecule has 126 valence electrons. The van der Waals surface area contributed by atoms with Crippen LogP contribution in [0.5, 0.6) is 11.5 Å². The molecule has 2 rings (SSSR count). The Balaban J connectivity index is 2.09. The number of benzene rings is 1. The number of methoxy groups -OCH3 is 3. The van der Waals surface area contributed by atoms with Gasteiger partial charge in [0.05, 0.1) is 32.4 Å². The van der Waals surface area contributed by atoms with Crippen LogP contribution in [0.3, 0.4) is 0 Å². The van der Waals surface area contributed by atoms with Gasteiger partial charge >= 0.3 is 0 Å². The average Bonchev–Trinajstić information content (AvgIpc) is 2.96. The van der Waals surface area contributed by atoms with E-state index in [-0.39, 0.29) is 24.2 Å². The third-order valence-electron chi connectivity index (χ3n) is 3.78. The van der Waals surface area contributed by atoms with Gasteiger partial charge in [0.2, 0.25) is 11.8 Å². The number of anilines is 1. The molecule has 1 saturated heterocycles. The maximum atomic E-state index is 12.3. The van der Waals surface area contributed by atoms with Gasteiger partial charge in [0, 0.05) is 32.7 Å². The van der Waals surface area contributed by atoms with E-state index in [1.165, 1.54) is 7.11 Å². The Morgan fingerprint density at radius 1 is 1.30 bits per heavy atom. The molecule has 0 saturated carbocycles. The van der Waals surface area contributed by atoms with Crippen molar-refractivity contribution in [2.45, 2.75) is 6.42 Å². The van der Waals surface area contributed by atoms with Crippen molar-refractivity contribution in [2.75, 3.05) is 45.9 Å². The number of hydrogen-bond acceptors (Lipinski definition) is 5. The molecular weight excluding hydrogens is 300 g/mol. The maximum Gasteiger partial charge on any atom is 0.227 e. The summed E-state index contributed by atoms with van der Waals surface area (Å²) < 4.78 is 15.4. The van der Waals surface area contributed by atoms with Gasteiger partial charge in [0.15, 0.2) is 0 Å². The van der Waals surface area contributed by atoms with Crippen LogP contribution in [0.2, 0.25) is 0 Å². The van der Waals surface area contributed by atoms with Crippen LogP contribution in [0.15, 0.2) is 18.2 Å². The van der Waals surface area contributed by atoms with Gasteiger partial charge in [0.25, 0.3) is 0 Å². The minimum absolute atomic E-state index is 0.0969. The monoisotopic (exact) mass is 322 g/mol. The molecular formula is C16H22N2O5. The van der Waals surface area contributed by atoms with Crippen LogP contribution in [0.1, 0.15) is 6.42 Å². The largest absolute Gasteiger partial charge is 0.497 e. The molecule has 0 aromatic heterocycles. The second kappa shape index (κ2) is 7.82. The number of carbonyl (C=O) groups excluding carboxylic acids is 2. The number of hydrogen-bond donors (Lipinski definition) is 1. The fourth-order valence-corrected chi connectivity index (χ4v) is 2.54. The predicted octanol–water partition coefficient (Wildman–Crippen LogP) is 0.819. The Kier molecular flexibility index (Phi) is 5.81. The predicted molar refractivity (Wildman–Crippen MR) is 84.9 cm³/mol. The SMILES string of the molecule is COCCNC(=O)[C@H]1CC(=O)N(c2ccc(OC)cc2OC)C1. The standard InChI is InChI=1S/C16H22N2O5/c1-21-7-6-17-16(20)11-8-15(19)18(10-11)13-5-4-12(22-2)9-14(13)23-3/h4-5,9,11H,6-8,10H2,1-3H3,(H,17,20)/t11-/m0/s1. The normalized spacial score (nSPS) is 17.3. The molecule has 1 aromatic rings. The van der Waals surface area contributed by atoms with E-state index in [2.05, 4.69) is 5.32 Å². The maximum absolute atomic E-state index is 12.3. The van der Waals surface area contributed by atoms with Crippen LogP contribution in [-0.2, 0) is 14.3 Å². The zero-order valence-corrected chi connectivity index (χ0v) is 13.6. The van der Waals surface area contributed by atoms with Crippen LogP contribution in [-0.4, -0.2) is 52.8 Å². The topological polar surface area (TPSA) is 77.1 Å². The summed E-state index contributed by atoms with van der Waals surface area (Å²) in [6.07, 6.45) is 0.188. The lowest BCUT2D eigenvalue weighted by atomic mass is 10.1. The summed E-state index contributed by atoms with van der Waals surface area (Å²) in [4.78, 5) is 26.0. The van der Waals surface area contributed by atoms with Crippen molar-refractivity contribution in [3.05, 3.63) is 18.2 Å². The van der Waals surface area contributed by atoms with Crippen molar-refractivity contribution in [1.29, 1.82) is 0 Å². The minimum Gasteiger partial charge on any atom is -0.497 e. The third-order valence-corrected chi connectivity index (χ3v) is 3.78. The van der Waals surface area contributed by atoms with E-state index in [9.17, 15) is 9.59 Å². The summed E-state index contributed by atoms with van der Waals surface area (Å²) in [7, 11) is 4.67. The van der Waals surface area contributed by atoms with E-state index >= 15 is 0 Å². The highest BCUT2D eigenvalue weighted by Crippen LogP contribution is 2.35. The van der Waals surface area contributed by atoms with Gasteiger partial charge in [0.1, 0.15) is 11.5 Å². The van der Waals surface area contributed by atoms with Gasteiger partial charge < -0.3 is 24.4 Å². The zero-order chi connectivity index (χ0) is 16.8. The molecule has 1 N–H and O–H groups in total. The second-order valence-electron chi connectivity index (χ2n) is 5.23. The first-order valence-corrected chi connectivity index (χ1v) is 7.39. The first-order chi connectivity index (χ1) is 11.1. The quantitative estimate of drug-likeness (QED) is 0.752. The number of nitrogens with zero attached hydrogens (tertiary/aromatic N) is 1. The zero-order valence-electron chi connectivity index (χ0n) is 13.6. The highest BCUT2D eigenvalue weighted by atomic mass is 16.5. The van der Waals surface area contributed by atoms with Gasteiger partial charge in [-0.3, -0.25) is 9.59 Å². The third kappa shape index (κ3) is 3.92. The Morgan fingerprint density at radius 2 is 2.09 bits per heavy atom. The van der Waals surface area contributed by atoms with E-state index in [1.54, 1.807) is 37.3 Å². The van der Waals surface area contributed by atoms with E-state index in [4.69, 9.17) is 14.2 Å². The van der Waals surface area contributed by atoms with Crippen LogP contribution < -0.4 is 19.7 Å². The first-order valence-electron chi connectivity index (χ1n) is 7.39. The summed E-state index contributed by atoms with van der Waals surface area (Å²) in [6, 6.07) is 5.24. The van der Waals surface area contributed by atoms with Crippen LogP contribution in [0.25, 0.3) is 0 Å². The summed E-state index contributed by atoms with van der Waals surface area (Å²) in [5.74, 6) is 0.584. The lowest BCUT2D eigenvalue weighted by molar-refractivity contribution is -0.126. The Hall–Kier alpha value is -2.28. The fourth-order valence-electron chi connectivity index (χ4n) is 2.54. The van der Waals surface area contributed by atoms with Crippen LogP contribution in [0.4, 0.5) is 5.69 Å². The molecule has 1 aliphatic rings. The summed E-state index contributed by atoms with van der Waals surface area (Å²) >= 11 is 0. The molecule has 1 fully saturated rings. The Labute approximate surface area is 135 Å².